The quantitative estimate of drug-likeness (QED) is 0.195. The molecule has 2 unspecified atom stereocenters. The van der Waals surface area contributed by atoms with E-state index in [0.717, 1.165) is 36.6 Å². The number of hydrogen-bond acceptors (Lipinski definition) is 10. The zero-order valence-corrected chi connectivity index (χ0v) is 28.4. The third-order valence-electron chi connectivity index (χ3n) is 9.96. The monoisotopic (exact) mass is 693 g/mol. The van der Waals surface area contributed by atoms with Gasteiger partial charge in [-0.3, -0.25) is 14.4 Å². The molecule has 49 heavy (non-hydrogen) atoms. The van der Waals surface area contributed by atoms with Crippen molar-refractivity contribution in [2.75, 3.05) is 31.7 Å². The molecule has 14 heteroatoms. The summed E-state index contributed by atoms with van der Waals surface area (Å²) in [4.78, 5) is 47.2. The fourth-order valence-electron chi connectivity index (χ4n) is 7.36. The highest BCUT2D eigenvalue weighted by atomic mass is 32.2. The molecule has 0 radical (unpaired) electrons. The van der Waals surface area contributed by atoms with Gasteiger partial charge in [-0.1, -0.05) is 6.07 Å². The van der Waals surface area contributed by atoms with Gasteiger partial charge in [0.25, 0.3) is 0 Å². The number of fused-ring (bicyclic) bond motifs is 1. The first-order valence-electron chi connectivity index (χ1n) is 17.0. The van der Waals surface area contributed by atoms with Crippen LogP contribution in [0, 0.1) is 23.2 Å². The molecule has 3 heterocycles. The summed E-state index contributed by atoms with van der Waals surface area (Å²) in [6.07, 6.45) is 9.01. The van der Waals surface area contributed by atoms with Crippen LogP contribution in [0.4, 0.5) is 0 Å². The van der Waals surface area contributed by atoms with Gasteiger partial charge in [0.2, 0.25) is 5.91 Å². The average molecular weight is 694 g/mol. The number of sulfone groups is 1. The molecular formula is C35H43N5O8S. The van der Waals surface area contributed by atoms with Gasteiger partial charge >= 0.3 is 11.9 Å². The van der Waals surface area contributed by atoms with Gasteiger partial charge in [-0.05, 0) is 62.3 Å². The van der Waals surface area contributed by atoms with E-state index in [1.807, 2.05) is 46.0 Å². The Morgan fingerprint density at radius 3 is 2.49 bits per heavy atom. The van der Waals surface area contributed by atoms with E-state index in [-0.39, 0.29) is 48.4 Å². The molecule has 1 aliphatic heterocycles. The Morgan fingerprint density at radius 2 is 1.78 bits per heavy atom. The maximum atomic E-state index is 13.3. The van der Waals surface area contributed by atoms with E-state index in [9.17, 15) is 22.8 Å². The summed E-state index contributed by atoms with van der Waals surface area (Å²) in [5.74, 6) is 0.884. The van der Waals surface area contributed by atoms with Gasteiger partial charge < -0.3 is 29.5 Å². The number of nitrogens with one attached hydrogen (secondary N) is 1. The number of benzene rings is 1. The first-order valence-corrected chi connectivity index (χ1v) is 19.1. The predicted molar refractivity (Wildman–Crippen MR) is 181 cm³/mol. The van der Waals surface area contributed by atoms with Crippen LogP contribution in [0.25, 0.3) is 16.7 Å². The number of piperidine rings is 1. The van der Waals surface area contributed by atoms with Crippen LogP contribution in [-0.4, -0.2) is 94.3 Å². The zero-order valence-electron chi connectivity index (χ0n) is 27.6. The topological polar surface area (TPSA) is 182 Å². The van der Waals surface area contributed by atoms with E-state index in [0.29, 0.717) is 68.0 Å². The number of rotatable bonds is 13. The van der Waals surface area contributed by atoms with Gasteiger partial charge in [0.15, 0.2) is 0 Å². The van der Waals surface area contributed by atoms with Crippen molar-refractivity contribution in [3.8, 4) is 11.6 Å². The number of aliphatic carboxylic acids is 1. The van der Waals surface area contributed by atoms with Crippen LogP contribution in [-0.2, 0) is 29.0 Å². The number of likely N-dealkylation sites (tertiary alicyclic amines) is 1. The molecule has 1 amide bonds. The SMILES string of the molecule is CS(=O)(=O)CCCOc1cccc2c1ccn2-c1ccnc(C2C(=N)C2C2CCC(C(=O)N3CCC(OC(=O)CCC(=O)O)CC3)CC2)n1. The molecule has 2 atom stereocenters. The Bertz CT molecular complexity index is 1830. The Labute approximate surface area is 285 Å². The van der Waals surface area contributed by atoms with Gasteiger partial charge in [-0.25, -0.2) is 18.4 Å². The summed E-state index contributed by atoms with van der Waals surface area (Å²) in [5.41, 5.74) is 1.55. The van der Waals surface area contributed by atoms with Gasteiger partial charge in [0.1, 0.15) is 33.3 Å². The van der Waals surface area contributed by atoms with E-state index in [1.54, 1.807) is 6.20 Å². The van der Waals surface area contributed by atoms with Crippen LogP contribution in [0.3, 0.4) is 0 Å². The van der Waals surface area contributed by atoms with Crippen LogP contribution >= 0.6 is 0 Å². The van der Waals surface area contributed by atoms with Crippen LogP contribution < -0.4 is 4.74 Å². The number of aromatic nitrogens is 3. The Hall–Kier alpha value is -4.33. The standard InChI is InChI=1S/C35H43N5O8S/c1-49(45,46)21-3-20-47-27-5-2-4-26-25(27)15-19-40(26)28-12-16-37-34(38-28)32-31(33(32)36)22-6-8-23(9-7-22)35(44)39-17-13-24(14-18-39)48-30(43)11-10-29(41)42/h2,4-5,12,15-16,19,22-24,31-32,36H,3,6-11,13-14,17-18,20-21H2,1H3,(H,41,42). The summed E-state index contributed by atoms with van der Waals surface area (Å²) >= 11 is 0. The second-order valence-electron chi connectivity index (χ2n) is 13.5. The summed E-state index contributed by atoms with van der Waals surface area (Å²) < 4.78 is 36.2. The molecule has 1 aromatic carbocycles. The van der Waals surface area contributed by atoms with E-state index >= 15 is 0 Å². The maximum absolute atomic E-state index is 13.3. The van der Waals surface area contributed by atoms with Crippen LogP contribution in [0.2, 0.25) is 0 Å². The molecule has 3 aromatic rings. The second kappa shape index (κ2) is 14.7. The lowest BCUT2D eigenvalue weighted by atomic mass is 9.78. The molecule has 0 bridgehead atoms. The molecule has 3 aliphatic rings. The summed E-state index contributed by atoms with van der Waals surface area (Å²) in [7, 11) is -3.04. The minimum absolute atomic E-state index is 0.0487. The van der Waals surface area contributed by atoms with Crippen molar-refractivity contribution < 1.29 is 37.4 Å². The van der Waals surface area contributed by atoms with E-state index in [2.05, 4.69) is 4.98 Å². The van der Waals surface area contributed by atoms with E-state index in [4.69, 9.17) is 25.0 Å². The predicted octanol–water partition coefficient (Wildman–Crippen LogP) is 4.17. The van der Waals surface area contributed by atoms with Gasteiger partial charge in [-0.2, -0.15) is 0 Å². The normalized spacial score (nSPS) is 23.0. The Morgan fingerprint density at radius 1 is 1.02 bits per heavy atom. The molecule has 2 N–H and O–H groups in total. The zero-order chi connectivity index (χ0) is 34.7. The number of esters is 1. The lowest BCUT2D eigenvalue weighted by molar-refractivity contribution is -0.155. The third kappa shape index (κ3) is 8.28. The Kier molecular flexibility index (Phi) is 10.3. The second-order valence-corrected chi connectivity index (χ2v) is 15.7. The van der Waals surface area contributed by atoms with Crippen LogP contribution in [0.15, 0.2) is 42.7 Å². The number of carboxylic acid groups (broad SMARTS) is 1. The number of nitrogens with zero attached hydrogens (tertiary/aromatic N) is 4. The minimum atomic E-state index is -3.04. The van der Waals surface area contributed by atoms with Crippen molar-refractivity contribution in [1.82, 2.24) is 19.4 Å². The lowest BCUT2D eigenvalue weighted by Gasteiger charge is -2.36. The summed E-state index contributed by atoms with van der Waals surface area (Å²) in [5, 5.41) is 18.4. The van der Waals surface area contributed by atoms with E-state index in [1.165, 1.54) is 6.26 Å². The number of carbonyl (C=O) groups is 3. The molecule has 262 valence electrons. The molecule has 0 spiro atoms. The summed E-state index contributed by atoms with van der Waals surface area (Å²) in [6.45, 7) is 1.34. The van der Waals surface area contributed by atoms with Crippen LogP contribution in [0.5, 0.6) is 5.75 Å². The first kappa shape index (κ1) is 34.5. The maximum Gasteiger partial charge on any atom is 0.306 e. The lowest BCUT2D eigenvalue weighted by Crippen LogP contribution is -2.44. The van der Waals surface area contributed by atoms with Gasteiger partial charge in [-0.15, -0.1) is 0 Å². The van der Waals surface area contributed by atoms with Crippen molar-refractivity contribution in [1.29, 1.82) is 5.41 Å². The highest BCUT2D eigenvalue weighted by molar-refractivity contribution is 7.90. The summed E-state index contributed by atoms with van der Waals surface area (Å²) in [6, 6.07) is 9.53. The molecule has 13 nitrogen and oxygen atoms in total. The number of hydrogen-bond donors (Lipinski definition) is 2. The highest BCUT2D eigenvalue weighted by Gasteiger charge is 2.53. The smallest absolute Gasteiger partial charge is 0.306 e. The van der Waals surface area contributed by atoms with Gasteiger partial charge in [0, 0.05) is 67.5 Å². The number of carboxylic acids is 1. The highest BCUT2D eigenvalue weighted by Crippen LogP contribution is 2.52. The molecular weight excluding hydrogens is 650 g/mol. The number of ether oxygens (including phenoxy) is 2. The van der Waals surface area contributed by atoms with Crippen molar-refractivity contribution in [2.24, 2.45) is 17.8 Å². The molecule has 2 saturated carbocycles. The average Bonchev–Trinajstić information content (AvgIpc) is 3.55. The van der Waals surface area contributed by atoms with Crippen molar-refractivity contribution in [3.63, 3.8) is 0 Å². The Balaban J connectivity index is 1.01. The van der Waals surface area contributed by atoms with Crippen LogP contribution in [0.1, 0.15) is 69.5 Å². The molecule has 3 fully saturated rings. The largest absolute Gasteiger partial charge is 0.493 e. The molecule has 2 aromatic heterocycles. The van der Waals surface area contributed by atoms with Crippen molar-refractivity contribution >= 4 is 44.3 Å². The van der Waals surface area contributed by atoms with E-state index < -0.39 is 21.8 Å². The molecule has 6 rings (SSSR count). The van der Waals surface area contributed by atoms with Crippen molar-refractivity contribution in [3.05, 3.63) is 48.5 Å². The molecule has 2 aliphatic carbocycles. The number of amides is 1. The number of carbonyl (C=O) groups excluding carboxylic acids is 2. The van der Waals surface area contributed by atoms with Crippen molar-refractivity contribution in [2.45, 2.75) is 69.8 Å². The minimum Gasteiger partial charge on any atom is -0.493 e. The molecule has 1 saturated heterocycles. The fourth-order valence-corrected chi connectivity index (χ4v) is 8.00. The van der Waals surface area contributed by atoms with Gasteiger partial charge in [0.05, 0.1) is 36.6 Å². The first-order chi connectivity index (χ1) is 23.5. The fraction of sp³-hybridized carbons (Fsp3) is 0.543. The third-order valence-corrected chi connectivity index (χ3v) is 11.0.